The molecule has 2 atom stereocenters. The number of pyridine rings is 1. The van der Waals surface area contributed by atoms with Crippen LogP contribution in [0.25, 0.3) is 0 Å². The van der Waals surface area contributed by atoms with E-state index < -0.39 is 12.2 Å². The minimum Gasteiger partial charge on any atom is -0.495 e. The first-order valence-corrected chi connectivity index (χ1v) is 11.0. The van der Waals surface area contributed by atoms with Crippen LogP contribution < -0.4 is 4.74 Å². The van der Waals surface area contributed by atoms with Gasteiger partial charge in [0.25, 0.3) is 0 Å². The average molecular weight is 453 g/mol. The van der Waals surface area contributed by atoms with Gasteiger partial charge in [-0.1, -0.05) is 6.07 Å². The number of rotatable bonds is 7. The molecule has 2 aromatic rings. The Bertz CT molecular complexity index is 1080. The molecule has 1 saturated heterocycles. The minimum absolute atomic E-state index is 0.265. The molecule has 2 aliphatic rings. The molecule has 0 saturated carbocycles. The first-order chi connectivity index (χ1) is 15.9. The van der Waals surface area contributed by atoms with Gasteiger partial charge in [0.1, 0.15) is 30.1 Å². The van der Waals surface area contributed by atoms with E-state index in [4.69, 9.17) is 14.7 Å². The van der Waals surface area contributed by atoms with E-state index in [0.717, 1.165) is 42.9 Å². The maximum Gasteiger partial charge on any atom is 0.338 e. The Morgan fingerprint density at radius 3 is 2.48 bits per heavy atom. The molecule has 2 aliphatic heterocycles. The van der Waals surface area contributed by atoms with Gasteiger partial charge in [-0.25, -0.2) is 4.79 Å². The van der Waals surface area contributed by atoms with Gasteiger partial charge in [-0.05, 0) is 24.1 Å². The SMILES string of the molecule is COc1cc(C(O)CN2CCN(CC(O)c3ccc4c(c3C)COC4=O)CC2)ncc1C#N. The van der Waals surface area contributed by atoms with Crippen molar-refractivity contribution < 1.29 is 24.5 Å². The largest absolute Gasteiger partial charge is 0.495 e. The molecule has 2 N–H and O–H groups in total. The summed E-state index contributed by atoms with van der Waals surface area (Å²) in [4.78, 5) is 20.3. The van der Waals surface area contributed by atoms with Crippen molar-refractivity contribution in [2.75, 3.05) is 46.4 Å². The number of fused-ring (bicyclic) bond motifs is 1. The second-order valence-electron chi connectivity index (χ2n) is 8.44. The van der Waals surface area contributed by atoms with Crippen LogP contribution in [0.15, 0.2) is 24.4 Å². The van der Waals surface area contributed by atoms with Crippen molar-refractivity contribution in [3.63, 3.8) is 0 Å². The topological polar surface area (TPSA) is 119 Å². The number of carbonyl (C=O) groups is 1. The van der Waals surface area contributed by atoms with Crippen LogP contribution in [0.3, 0.4) is 0 Å². The van der Waals surface area contributed by atoms with Crippen LogP contribution in [0.5, 0.6) is 5.75 Å². The van der Waals surface area contributed by atoms with Gasteiger partial charge >= 0.3 is 5.97 Å². The lowest BCUT2D eigenvalue weighted by molar-refractivity contribution is 0.0470. The standard InChI is InChI=1S/C24H28N4O5/c1-15-17(3-4-18-19(15)14-33-24(18)31)21(29)12-27-5-7-28(8-6-27)13-22(30)20-9-23(32-2)16(10-25)11-26-20/h3-4,9,11,21-22,29-30H,5-8,12-14H2,1-2H3. The summed E-state index contributed by atoms with van der Waals surface area (Å²) in [5.74, 6) is 0.0974. The number of nitrogens with zero attached hydrogens (tertiary/aromatic N) is 4. The lowest BCUT2D eigenvalue weighted by atomic mass is 9.95. The van der Waals surface area contributed by atoms with Crippen LogP contribution in [-0.2, 0) is 11.3 Å². The van der Waals surface area contributed by atoms with E-state index >= 15 is 0 Å². The van der Waals surface area contributed by atoms with Gasteiger partial charge in [-0.15, -0.1) is 0 Å². The molecular weight excluding hydrogens is 424 g/mol. The summed E-state index contributed by atoms with van der Waals surface area (Å²) in [5, 5.41) is 30.5. The number of esters is 1. The van der Waals surface area contributed by atoms with Gasteiger partial charge in [0.05, 0.1) is 24.5 Å². The highest BCUT2D eigenvalue weighted by Crippen LogP contribution is 2.29. The predicted molar refractivity (Wildman–Crippen MR) is 119 cm³/mol. The maximum absolute atomic E-state index is 11.7. The second kappa shape index (κ2) is 9.85. The van der Waals surface area contributed by atoms with E-state index in [9.17, 15) is 15.0 Å². The molecule has 0 aliphatic carbocycles. The van der Waals surface area contributed by atoms with Crippen LogP contribution >= 0.6 is 0 Å². The van der Waals surface area contributed by atoms with Gasteiger partial charge in [0.15, 0.2) is 0 Å². The van der Waals surface area contributed by atoms with Crippen molar-refractivity contribution in [3.8, 4) is 11.8 Å². The van der Waals surface area contributed by atoms with Crippen molar-refractivity contribution in [1.29, 1.82) is 5.26 Å². The third kappa shape index (κ3) is 4.84. The number of benzene rings is 1. The normalized spacial score (nSPS) is 18.3. The molecular formula is C24H28N4O5. The highest BCUT2D eigenvalue weighted by Gasteiger charge is 2.27. The molecule has 1 fully saturated rings. The summed E-state index contributed by atoms with van der Waals surface area (Å²) < 4.78 is 10.3. The smallest absolute Gasteiger partial charge is 0.338 e. The second-order valence-corrected chi connectivity index (χ2v) is 8.44. The molecule has 174 valence electrons. The summed E-state index contributed by atoms with van der Waals surface area (Å²) in [6.45, 7) is 6.15. The Balaban J connectivity index is 1.31. The fraction of sp³-hybridized carbons (Fsp3) is 0.458. The summed E-state index contributed by atoms with van der Waals surface area (Å²) in [6, 6.07) is 7.18. The highest BCUT2D eigenvalue weighted by molar-refractivity contribution is 5.93. The quantitative estimate of drug-likeness (QED) is 0.600. The molecule has 33 heavy (non-hydrogen) atoms. The zero-order valence-electron chi connectivity index (χ0n) is 18.8. The van der Waals surface area contributed by atoms with Crippen LogP contribution in [0.2, 0.25) is 0 Å². The van der Waals surface area contributed by atoms with E-state index in [1.807, 2.05) is 19.1 Å². The van der Waals surface area contributed by atoms with Crippen molar-refractivity contribution in [3.05, 3.63) is 57.9 Å². The number of β-amino-alcohol motifs (C(OH)–C–C–N with tert-alkyl or cyclic N) is 2. The summed E-state index contributed by atoms with van der Waals surface area (Å²) >= 11 is 0. The fourth-order valence-electron chi connectivity index (χ4n) is 4.45. The van der Waals surface area contributed by atoms with Gasteiger partial charge in [0.2, 0.25) is 0 Å². The number of hydrogen-bond acceptors (Lipinski definition) is 9. The number of aliphatic hydroxyl groups excluding tert-OH is 2. The number of aromatic nitrogens is 1. The molecule has 1 aromatic heterocycles. The van der Waals surface area contributed by atoms with Gasteiger partial charge < -0.3 is 19.7 Å². The van der Waals surface area contributed by atoms with E-state index in [1.54, 1.807) is 12.1 Å². The monoisotopic (exact) mass is 452 g/mol. The zero-order valence-corrected chi connectivity index (χ0v) is 18.8. The van der Waals surface area contributed by atoms with Crippen molar-refractivity contribution in [2.24, 2.45) is 0 Å². The fourth-order valence-corrected chi connectivity index (χ4v) is 4.45. The molecule has 4 rings (SSSR count). The molecule has 9 nitrogen and oxygen atoms in total. The lowest BCUT2D eigenvalue weighted by Gasteiger charge is -2.36. The maximum atomic E-state index is 11.7. The number of cyclic esters (lactones) is 1. The number of hydrogen-bond donors (Lipinski definition) is 2. The van der Waals surface area contributed by atoms with Gasteiger partial charge in [-0.2, -0.15) is 5.26 Å². The van der Waals surface area contributed by atoms with Crippen molar-refractivity contribution in [1.82, 2.24) is 14.8 Å². The van der Waals surface area contributed by atoms with Gasteiger partial charge in [0, 0.05) is 57.1 Å². The van der Waals surface area contributed by atoms with E-state index in [1.165, 1.54) is 13.3 Å². The Morgan fingerprint density at radius 2 is 1.85 bits per heavy atom. The number of nitriles is 1. The number of piperazine rings is 1. The zero-order chi connectivity index (χ0) is 23.5. The summed E-state index contributed by atoms with van der Waals surface area (Å²) in [7, 11) is 1.48. The van der Waals surface area contributed by atoms with E-state index in [2.05, 4.69) is 14.8 Å². The molecule has 3 heterocycles. The van der Waals surface area contributed by atoms with E-state index in [0.29, 0.717) is 35.7 Å². The van der Waals surface area contributed by atoms with Crippen LogP contribution in [0.4, 0.5) is 0 Å². The molecule has 0 bridgehead atoms. The third-order valence-corrected chi connectivity index (χ3v) is 6.46. The Hall–Kier alpha value is -3.03. The summed E-state index contributed by atoms with van der Waals surface area (Å²) in [5.41, 5.74) is 3.99. The first-order valence-electron chi connectivity index (χ1n) is 11.0. The number of ether oxygens (including phenoxy) is 2. The lowest BCUT2D eigenvalue weighted by Crippen LogP contribution is -2.48. The van der Waals surface area contributed by atoms with Crippen LogP contribution in [0.1, 0.15) is 50.5 Å². The van der Waals surface area contributed by atoms with Crippen LogP contribution in [0, 0.1) is 18.3 Å². The average Bonchev–Trinajstić information content (AvgIpc) is 3.21. The Morgan fingerprint density at radius 1 is 1.18 bits per heavy atom. The molecule has 0 radical (unpaired) electrons. The van der Waals surface area contributed by atoms with Crippen molar-refractivity contribution >= 4 is 5.97 Å². The third-order valence-electron chi connectivity index (χ3n) is 6.46. The molecule has 2 unspecified atom stereocenters. The Kier molecular flexibility index (Phi) is 6.91. The number of methoxy groups -OCH3 is 1. The minimum atomic E-state index is -0.789. The van der Waals surface area contributed by atoms with Crippen molar-refractivity contribution in [2.45, 2.75) is 25.7 Å². The van der Waals surface area contributed by atoms with Crippen LogP contribution in [-0.4, -0.2) is 77.3 Å². The molecule has 9 heteroatoms. The highest BCUT2D eigenvalue weighted by atomic mass is 16.5. The predicted octanol–water partition coefficient (Wildman–Crippen LogP) is 1.33. The number of carbonyl (C=O) groups excluding carboxylic acids is 1. The number of aliphatic hydroxyl groups is 2. The Labute approximate surface area is 192 Å². The van der Waals surface area contributed by atoms with Gasteiger partial charge in [-0.3, -0.25) is 14.8 Å². The first kappa shape index (κ1) is 23.1. The van der Waals surface area contributed by atoms with E-state index in [-0.39, 0.29) is 12.6 Å². The molecule has 1 aromatic carbocycles. The molecule has 0 amide bonds. The molecule has 0 spiro atoms. The summed E-state index contributed by atoms with van der Waals surface area (Å²) in [6.07, 6.45) is -0.0269.